The standard InChI is InChI=1S/C30H38N6O/c1-4-27-29(21-8-12-37-13-9-21)20(3)14-28(34-27)22-15-25-26(18-32-30(25)31-16-22)23-17-33-36(19-23)24-6-10-35(5-2)11-7-24/h14-19,21,24H,4-13H2,1-3H3,(H,31,32). The molecule has 194 valence electrons. The number of nitrogens with zero attached hydrogens (tertiary/aromatic N) is 5. The van der Waals surface area contributed by atoms with Crippen LogP contribution in [0.15, 0.2) is 36.9 Å². The van der Waals surface area contributed by atoms with E-state index in [-0.39, 0.29) is 0 Å². The van der Waals surface area contributed by atoms with Crippen LogP contribution in [0.5, 0.6) is 0 Å². The lowest BCUT2D eigenvalue weighted by Gasteiger charge is -2.31. The van der Waals surface area contributed by atoms with Gasteiger partial charge in [-0.3, -0.25) is 9.67 Å². The number of hydrogen-bond donors (Lipinski definition) is 1. The molecule has 2 aliphatic heterocycles. The van der Waals surface area contributed by atoms with E-state index in [1.54, 1.807) is 0 Å². The molecule has 0 unspecified atom stereocenters. The van der Waals surface area contributed by atoms with Crippen molar-refractivity contribution in [3.63, 3.8) is 0 Å². The van der Waals surface area contributed by atoms with Gasteiger partial charge >= 0.3 is 0 Å². The Bertz CT molecular complexity index is 1370. The largest absolute Gasteiger partial charge is 0.381 e. The van der Waals surface area contributed by atoms with Gasteiger partial charge in [-0.05, 0) is 74.8 Å². The van der Waals surface area contributed by atoms with Crippen LogP contribution in [-0.4, -0.2) is 62.5 Å². The molecule has 0 atom stereocenters. The number of rotatable bonds is 6. The lowest BCUT2D eigenvalue weighted by Crippen LogP contribution is -2.34. The van der Waals surface area contributed by atoms with Crippen LogP contribution in [0.2, 0.25) is 0 Å². The average Bonchev–Trinajstić information content (AvgIpc) is 3.60. The molecule has 0 aliphatic carbocycles. The van der Waals surface area contributed by atoms with Gasteiger partial charge in [-0.1, -0.05) is 13.8 Å². The third-order valence-electron chi connectivity index (χ3n) is 8.43. The topological polar surface area (TPSA) is 71.9 Å². The van der Waals surface area contributed by atoms with E-state index in [2.05, 4.69) is 59.9 Å². The second kappa shape index (κ2) is 10.4. The highest BCUT2D eigenvalue weighted by molar-refractivity contribution is 5.95. The molecule has 7 nitrogen and oxygen atoms in total. The number of nitrogens with one attached hydrogen (secondary N) is 1. The fraction of sp³-hybridized carbons (Fsp3) is 0.500. The van der Waals surface area contributed by atoms with Crippen molar-refractivity contribution in [2.45, 2.75) is 64.8 Å². The molecule has 37 heavy (non-hydrogen) atoms. The SMILES string of the molecule is CCc1nc(-c2cnc3[nH]cc(-c4cnn(C5CCN(CC)CC5)c4)c3c2)cc(C)c1C1CCOCC1. The highest BCUT2D eigenvalue weighted by atomic mass is 16.5. The third kappa shape index (κ3) is 4.71. The summed E-state index contributed by atoms with van der Waals surface area (Å²) in [5.41, 5.74) is 9.22. The highest BCUT2D eigenvalue weighted by Crippen LogP contribution is 2.35. The van der Waals surface area contributed by atoms with Gasteiger partial charge in [0, 0.05) is 72.7 Å². The van der Waals surface area contributed by atoms with Gasteiger partial charge in [-0.15, -0.1) is 0 Å². The van der Waals surface area contributed by atoms with Crippen molar-refractivity contribution in [3.8, 4) is 22.4 Å². The Morgan fingerprint density at radius 2 is 1.84 bits per heavy atom. The summed E-state index contributed by atoms with van der Waals surface area (Å²) in [4.78, 5) is 15.8. The molecule has 0 bridgehead atoms. The van der Waals surface area contributed by atoms with Crippen LogP contribution in [0.3, 0.4) is 0 Å². The summed E-state index contributed by atoms with van der Waals surface area (Å²) in [7, 11) is 0. The predicted octanol–water partition coefficient (Wildman–Crippen LogP) is 5.91. The zero-order valence-electron chi connectivity index (χ0n) is 22.3. The van der Waals surface area contributed by atoms with Crippen LogP contribution in [-0.2, 0) is 11.2 Å². The molecule has 0 spiro atoms. The van der Waals surface area contributed by atoms with Crippen molar-refractivity contribution >= 4 is 11.0 Å². The molecule has 7 heteroatoms. The van der Waals surface area contributed by atoms with Crippen LogP contribution in [0.4, 0.5) is 0 Å². The normalized spacial score (nSPS) is 18.1. The number of piperidine rings is 1. The first-order chi connectivity index (χ1) is 18.1. The first kappa shape index (κ1) is 24.3. The minimum Gasteiger partial charge on any atom is -0.381 e. The molecular weight excluding hydrogens is 460 g/mol. The van der Waals surface area contributed by atoms with E-state index in [9.17, 15) is 0 Å². The molecule has 2 aliphatic rings. The van der Waals surface area contributed by atoms with Gasteiger partial charge < -0.3 is 14.6 Å². The summed E-state index contributed by atoms with van der Waals surface area (Å²) in [6, 6.07) is 4.96. The third-order valence-corrected chi connectivity index (χ3v) is 8.43. The van der Waals surface area contributed by atoms with Crippen LogP contribution in [0.25, 0.3) is 33.4 Å². The molecule has 0 amide bonds. The fourth-order valence-electron chi connectivity index (χ4n) is 6.27. The van der Waals surface area contributed by atoms with E-state index in [1.165, 1.54) is 16.8 Å². The number of aryl methyl sites for hydroxylation is 2. The van der Waals surface area contributed by atoms with Crippen LogP contribution in [0.1, 0.15) is 68.3 Å². The summed E-state index contributed by atoms with van der Waals surface area (Å²) in [6.45, 7) is 11.8. The van der Waals surface area contributed by atoms with Crippen molar-refractivity contribution in [1.29, 1.82) is 0 Å². The first-order valence-electron chi connectivity index (χ1n) is 14.0. The number of pyridine rings is 2. The zero-order chi connectivity index (χ0) is 25.4. The van der Waals surface area contributed by atoms with Gasteiger partial charge in [0.05, 0.1) is 17.9 Å². The first-order valence-corrected chi connectivity index (χ1v) is 14.0. The van der Waals surface area contributed by atoms with Gasteiger partial charge in [0.15, 0.2) is 0 Å². The Balaban J connectivity index is 1.31. The van der Waals surface area contributed by atoms with Gasteiger partial charge in [-0.2, -0.15) is 5.10 Å². The smallest absolute Gasteiger partial charge is 0.137 e. The molecule has 6 heterocycles. The Morgan fingerprint density at radius 1 is 1.03 bits per heavy atom. The molecule has 1 N–H and O–H groups in total. The van der Waals surface area contributed by atoms with E-state index >= 15 is 0 Å². The average molecular weight is 499 g/mol. The lowest BCUT2D eigenvalue weighted by molar-refractivity contribution is 0.0850. The number of ether oxygens (including phenoxy) is 1. The zero-order valence-corrected chi connectivity index (χ0v) is 22.3. The molecule has 4 aromatic rings. The van der Waals surface area contributed by atoms with Crippen LogP contribution >= 0.6 is 0 Å². The summed E-state index contributed by atoms with van der Waals surface area (Å²) in [6.07, 6.45) is 13.6. The maximum absolute atomic E-state index is 5.61. The molecule has 2 saturated heterocycles. The van der Waals surface area contributed by atoms with Crippen LogP contribution < -0.4 is 0 Å². The maximum Gasteiger partial charge on any atom is 0.137 e. The van der Waals surface area contributed by atoms with E-state index in [0.29, 0.717) is 12.0 Å². The minimum absolute atomic E-state index is 0.476. The fourth-order valence-corrected chi connectivity index (χ4v) is 6.27. The van der Waals surface area contributed by atoms with E-state index in [1.807, 2.05) is 12.4 Å². The number of aromatic amines is 1. The van der Waals surface area contributed by atoms with Crippen LogP contribution in [0, 0.1) is 6.92 Å². The summed E-state index contributed by atoms with van der Waals surface area (Å²) < 4.78 is 7.79. The van der Waals surface area contributed by atoms with Crippen molar-refractivity contribution in [2.24, 2.45) is 0 Å². The highest BCUT2D eigenvalue weighted by Gasteiger charge is 2.23. The van der Waals surface area contributed by atoms with E-state index in [4.69, 9.17) is 19.8 Å². The van der Waals surface area contributed by atoms with Gasteiger partial charge in [0.1, 0.15) is 5.65 Å². The molecule has 0 aromatic carbocycles. The molecule has 0 radical (unpaired) electrons. The summed E-state index contributed by atoms with van der Waals surface area (Å²) in [5.74, 6) is 0.549. The second-order valence-electron chi connectivity index (χ2n) is 10.6. The molecular formula is C30H38N6O. The minimum atomic E-state index is 0.476. The predicted molar refractivity (Wildman–Crippen MR) is 148 cm³/mol. The molecule has 6 rings (SSSR count). The maximum atomic E-state index is 5.61. The van der Waals surface area contributed by atoms with Gasteiger partial charge in [0.25, 0.3) is 0 Å². The Labute approximate surface area is 219 Å². The monoisotopic (exact) mass is 498 g/mol. The number of fused-ring (bicyclic) bond motifs is 1. The Hall–Kier alpha value is -3.03. The van der Waals surface area contributed by atoms with Gasteiger partial charge in [0.2, 0.25) is 0 Å². The number of H-pyrrole nitrogens is 1. The number of likely N-dealkylation sites (tertiary alicyclic amines) is 1. The van der Waals surface area contributed by atoms with E-state index < -0.39 is 0 Å². The molecule has 2 fully saturated rings. The van der Waals surface area contributed by atoms with E-state index in [0.717, 1.165) is 98.4 Å². The summed E-state index contributed by atoms with van der Waals surface area (Å²) in [5, 5.41) is 5.88. The van der Waals surface area contributed by atoms with Crippen molar-refractivity contribution in [1.82, 2.24) is 29.6 Å². The van der Waals surface area contributed by atoms with Gasteiger partial charge in [-0.25, -0.2) is 4.98 Å². The van der Waals surface area contributed by atoms with Crippen molar-refractivity contribution < 1.29 is 4.74 Å². The quantitative estimate of drug-likeness (QED) is 0.358. The second-order valence-corrected chi connectivity index (χ2v) is 10.6. The lowest BCUT2D eigenvalue weighted by atomic mass is 9.86. The Morgan fingerprint density at radius 3 is 2.59 bits per heavy atom. The van der Waals surface area contributed by atoms with Crippen molar-refractivity contribution in [2.75, 3.05) is 32.8 Å². The van der Waals surface area contributed by atoms with Crippen molar-refractivity contribution in [3.05, 3.63) is 53.7 Å². The number of aromatic nitrogens is 5. The summed E-state index contributed by atoms with van der Waals surface area (Å²) >= 11 is 0. The number of hydrogen-bond acceptors (Lipinski definition) is 5. The molecule has 0 saturated carbocycles. The Kier molecular flexibility index (Phi) is 6.82. The molecule has 4 aromatic heterocycles.